The van der Waals surface area contributed by atoms with Gasteiger partial charge in [-0.3, -0.25) is 14.5 Å². The van der Waals surface area contributed by atoms with Crippen molar-refractivity contribution in [3.05, 3.63) is 23.8 Å². The highest BCUT2D eigenvalue weighted by molar-refractivity contribution is 7.22. The van der Waals surface area contributed by atoms with Crippen LogP contribution in [0.5, 0.6) is 0 Å². The van der Waals surface area contributed by atoms with Crippen LogP contribution in [-0.2, 0) is 9.59 Å². The molecule has 4 rings (SSSR count). The van der Waals surface area contributed by atoms with E-state index in [-0.39, 0.29) is 12.5 Å². The fourth-order valence-corrected chi connectivity index (χ4v) is 5.07. The monoisotopic (exact) mass is 386 g/mol. The van der Waals surface area contributed by atoms with Crippen molar-refractivity contribution in [1.82, 2.24) is 14.8 Å². The molecule has 2 fully saturated rings. The number of benzene rings is 1. The zero-order valence-electron chi connectivity index (χ0n) is 15.4. The van der Waals surface area contributed by atoms with Crippen molar-refractivity contribution in [2.75, 3.05) is 18.9 Å². The first-order valence-electron chi connectivity index (χ1n) is 9.18. The summed E-state index contributed by atoms with van der Waals surface area (Å²) in [5.74, 6) is -0.653. The Bertz CT molecular complexity index is 932. The number of thiazole rings is 1. The number of rotatable bonds is 3. The maximum Gasteiger partial charge on any atom is 0.327 e. The lowest BCUT2D eigenvalue weighted by Crippen LogP contribution is -2.49. The van der Waals surface area contributed by atoms with Gasteiger partial charge in [-0.1, -0.05) is 42.7 Å². The Balaban J connectivity index is 1.49. The summed E-state index contributed by atoms with van der Waals surface area (Å²) in [6, 6.07) is 5.47. The summed E-state index contributed by atoms with van der Waals surface area (Å²) in [6.45, 7) is 1.69. The molecule has 1 saturated carbocycles. The molecule has 0 unspecified atom stereocenters. The molecular formula is C19H22N4O3S. The Morgan fingerprint density at radius 2 is 2.00 bits per heavy atom. The van der Waals surface area contributed by atoms with Crippen molar-refractivity contribution in [1.29, 1.82) is 0 Å². The zero-order chi connectivity index (χ0) is 19.2. The number of nitrogens with one attached hydrogen (secondary N) is 1. The Kier molecular flexibility index (Phi) is 4.38. The van der Waals surface area contributed by atoms with E-state index in [1.807, 2.05) is 25.1 Å². The predicted molar refractivity (Wildman–Crippen MR) is 104 cm³/mol. The molecule has 1 aliphatic heterocycles. The highest BCUT2D eigenvalue weighted by Crippen LogP contribution is 2.39. The molecule has 8 heteroatoms. The van der Waals surface area contributed by atoms with Gasteiger partial charge in [-0.15, -0.1) is 0 Å². The quantitative estimate of drug-likeness (QED) is 0.822. The first-order chi connectivity index (χ1) is 12.9. The molecule has 1 saturated heterocycles. The van der Waals surface area contributed by atoms with Gasteiger partial charge in [0.2, 0.25) is 5.91 Å². The average molecular weight is 386 g/mol. The molecule has 0 atom stereocenters. The normalized spacial score (nSPS) is 19.3. The highest BCUT2D eigenvalue weighted by atomic mass is 32.1. The summed E-state index contributed by atoms with van der Waals surface area (Å²) >= 11 is 1.38. The van der Waals surface area contributed by atoms with Gasteiger partial charge >= 0.3 is 6.03 Å². The SMILES string of the molecule is Cc1cccc2sc(NC(=O)CN3C(=O)N(C)C4(CCCCC4)C3=O)nc12. The molecule has 2 aliphatic rings. The molecule has 1 aromatic carbocycles. The second kappa shape index (κ2) is 6.60. The molecule has 142 valence electrons. The van der Waals surface area contributed by atoms with E-state index in [4.69, 9.17) is 0 Å². The molecule has 0 radical (unpaired) electrons. The number of carbonyl (C=O) groups excluding carboxylic acids is 3. The Morgan fingerprint density at radius 1 is 1.26 bits per heavy atom. The molecule has 1 N–H and O–H groups in total. The van der Waals surface area contributed by atoms with Crippen LogP contribution in [0.25, 0.3) is 10.2 Å². The van der Waals surface area contributed by atoms with Gasteiger partial charge in [0.25, 0.3) is 5.91 Å². The molecule has 1 spiro atoms. The van der Waals surface area contributed by atoms with Gasteiger partial charge < -0.3 is 10.2 Å². The van der Waals surface area contributed by atoms with Crippen molar-refractivity contribution >= 4 is 44.5 Å². The van der Waals surface area contributed by atoms with Crippen LogP contribution in [0.3, 0.4) is 0 Å². The van der Waals surface area contributed by atoms with E-state index in [9.17, 15) is 14.4 Å². The molecule has 1 aromatic heterocycles. The summed E-state index contributed by atoms with van der Waals surface area (Å²) in [5, 5.41) is 3.21. The third kappa shape index (κ3) is 2.88. The van der Waals surface area contributed by atoms with Crippen LogP contribution in [-0.4, -0.2) is 51.8 Å². The van der Waals surface area contributed by atoms with Crippen molar-refractivity contribution < 1.29 is 14.4 Å². The smallest absolute Gasteiger partial charge is 0.313 e. The number of carbonyl (C=O) groups is 3. The van der Waals surface area contributed by atoms with E-state index < -0.39 is 17.5 Å². The van der Waals surface area contributed by atoms with Crippen molar-refractivity contribution in [2.45, 2.75) is 44.6 Å². The largest absolute Gasteiger partial charge is 0.327 e. The molecule has 0 bridgehead atoms. The molecule has 2 aromatic rings. The Morgan fingerprint density at radius 3 is 2.70 bits per heavy atom. The number of hydrogen-bond donors (Lipinski definition) is 1. The summed E-state index contributed by atoms with van der Waals surface area (Å²) in [4.78, 5) is 45.1. The lowest BCUT2D eigenvalue weighted by Gasteiger charge is -2.35. The lowest BCUT2D eigenvalue weighted by molar-refractivity contribution is -0.136. The fraction of sp³-hybridized carbons (Fsp3) is 0.474. The number of anilines is 1. The van der Waals surface area contributed by atoms with Gasteiger partial charge in [-0.25, -0.2) is 9.78 Å². The number of amides is 4. The number of aromatic nitrogens is 1. The van der Waals surface area contributed by atoms with E-state index in [0.29, 0.717) is 18.0 Å². The molecule has 1 aliphatic carbocycles. The number of fused-ring (bicyclic) bond motifs is 1. The second-order valence-electron chi connectivity index (χ2n) is 7.31. The number of likely N-dealkylation sites (N-methyl/N-ethyl adjacent to an activating group) is 1. The van der Waals surface area contributed by atoms with Crippen molar-refractivity contribution in [3.63, 3.8) is 0 Å². The summed E-state index contributed by atoms with van der Waals surface area (Å²) in [7, 11) is 1.67. The topological polar surface area (TPSA) is 82.6 Å². The maximum atomic E-state index is 12.9. The molecule has 7 nitrogen and oxygen atoms in total. The molecule has 27 heavy (non-hydrogen) atoms. The number of urea groups is 1. The minimum absolute atomic E-state index is 0.245. The summed E-state index contributed by atoms with van der Waals surface area (Å²) in [6.07, 6.45) is 4.27. The zero-order valence-corrected chi connectivity index (χ0v) is 16.3. The molecule has 4 amide bonds. The van der Waals surface area contributed by atoms with Crippen LogP contribution in [0, 0.1) is 6.92 Å². The minimum Gasteiger partial charge on any atom is -0.313 e. The van der Waals surface area contributed by atoms with Gasteiger partial charge in [0.1, 0.15) is 12.1 Å². The Labute approximate surface area is 161 Å². The van der Waals surface area contributed by atoms with E-state index in [2.05, 4.69) is 10.3 Å². The van der Waals surface area contributed by atoms with E-state index >= 15 is 0 Å². The fourth-order valence-electron chi connectivity index (χ4n) is 4.11. The third-order valence-corrected chi connectivity index (χ3v) is 6.59. The standard InChI is InChI=1S/C19H22N4O3S/c1-12-7-6-8-13-15(12)21-17(27-13)20-14(24)11-23-16(25)19(22(2)18(23)26)9-4-3-5-10-19/h6-8H,3-5,9-11H2,1-2H3,(H,20,21,24). The summed E-state index contributed by atoms with van der Waals surface area (Å²) in [5.41, 5.74) is 1.13. The van der Waals surface area contributed by atoms with Gasteiger partial charge in [0.05, 0.1) is 10.2 Å². The van der Waals surface area contributed by atoms with Crippen LogP contribution in [0.1, 0.15) is 37.7 Å². The number of imide groups is 1. The van der Waals surface area contributed by atoms with Gasteiger partial charge in [0, 0.05) is 7.05 Å². The van der Waals surface area contributed by atoms with Crippen LogP contribution >= 0.6 is 11.3 Å². The Hall–Kier alpha value is -2.48. The van der Waals surface area contributed by atoms with Crippen molar-refractivity contribution in [2.24, 2.45) is 0 Å². The van der Waals surface area contributed by atoms with E-state index in [1.54, 1.807) is 7.05 Å². The molecular weight excluding hydrogens is 364 g/mol. The lowest BCUT2D eigenvalue weighted by atomic mass is 9.81. The van der Waals surface area contributed by atoms with Crippen LogP contribution in [0.15, 0.2) is 18.2 Å². The number of aryl methyl sites for hydroxylation is 1. The average Bonchev–Trinajstić information content (AvgIpc) is 3.14. The maximum absolute atomic E-state index is 12.9. The predicted octanol–water partition coefficient (Wildman–Crippen LogP) is 3.14. The van der Waals surface area contributed by atoms with Crippen LogP contribution in [0.4, 0.5) is 9.93 Å². The van der Waals surface area contributed by atoms with E-state index in [0.717, 1.165) is 39.9 Å². The van der Waals surface area contributed by atoms with Crippen LogP contribution < -0.4 is 5.32 Å². The minimum atomic E-state index is -0.761. The number of hydrogen-bond acceptors (Lipinski definition) is 5. The van der Waals surface area contributed by atoms with Gasteiger partial charge in [0.15, 0.2) is 5.13 Å². The van der Waals surface area contributed by atoms with Crippen LogP contribution in [0.2, 0.25) is 0 Å². The molecule has 2 heterocycles. The van der Waals surface area contributed by atoms with E-state index in [1.165, 1.54) is 16.2 Å². The number of para-hydroxylation sites is 1. The van der Waals surface area contributed by atoms with Crippen molar-refractivity contribution in [3.8, 4) is 0 Å². The van der Waals surface area contributed by atoms with Gasteiger partial charge in [-0.05, 0) is 31.4 Å². The first kappa shape index (κ1) is 17.9. The van der Waals surface area contributed by atoms with Gasteiger partial charge in [-0.2, -0.15) is 0 Å². The first-order valence-corrected chi connectivity index (χ1v) is 10.00. The third-order valence-electron chi connectivity index (χ3n) is 5.65. The highest BCUT2D eigenvalue weighted by Gasteiger charge is 2.55. The summed E-state index contributed by atoms with van der Waals surface area (Å²) < 4.78 is 0.986. The number of nitrogens with zero attached hydrogens (tertiary/aromatic N) is 3. The second-order valence-corrected chi connectivity index (χ2v) is 8.34.